The summed E-state index contributed by atoms with van der Waals surface area (Å²) < 4.78 is 57.5. The number of phosphoric ester groups is 2. The minimum atomic E-state index is -5.51. The number of hydrogen-bond acceptors (Lipinski definition) is 14. The highest BCUT2D eigenvalue weighted by atomic mass is 31.3. The van der Waals surface area contributed by atoms with Gasteiger partial charge in [0.05, 0.1) is 25.4 Å². The second-order valence-corrected chi connectivity index (χ2v) is 27.9. The van der Waals surface area contributed by atoms with Gasteiger partial charge < -0.3 is 55.5 Å². The first kappa shape index (κ1) is 80.6. The van der Waals surface area contributed by atoms with E-state index in [2.05, 4.69) is 147 Å². The summed E-state index contributed by atoms with van der Waals surface area (Å²) in [6.07, 6.45) is 33.5. The first-order valence-corrected chi connectivity index (χ1v) is 34.9. The van der Waals surface area contributed by atoms with Gasteiger partial charge in [-0.15, -0.1) is 0 Å². The van der Waals surface area contributed by atoms with Crippen molar-refractivity contribution in [2.24, 2.45) is 5.73 Å². The molecule has 0 aromatic carbocycles. The molecule has 17 nitrogen and oxygen atoms in total. The monoisotopic (exact) mass is 1270 g/mol. The Hall–Kier alpha value is -3.45. The van der Waals surface area contributed by atoms with Crippen LogP contribution in [0.3, 0.4) is 0 Å². The van der Waals surface area contributed by atoms with E-state index in [0.717, 1.165) is 128 Å². The van der Waals surface area contributed by atoms with E-state index in [9.17, 15) is 44.1 Å². The van der Waals surface area contributed by atoms with Crippen LogP contribution in [0.4, 0.5) is 0 Å². The van der Waals surface area contributed by atoms with Gasteiger partial charge in [-0.2, -0.15) is 4.31 Å². The summed E-state index contributed by atoms with van der Waals surface area (Å²) in [5.41, 5.74) is 21.5. The molecule has 9 N–H and O–H groups in total. The average molecular weight is 1280 g/mol. The van der Waals surface area contributed by atoms with E-state index in [1.165, 1.54) is 69.1 Å². The summed E-state index contributed by atoms with van der Waals surface area (Å²) in [6, 6.07) is -2.65. The van der Waals surface area contributed by atoms with Gasteiger partial charge in [0.25, 0.3) is 0 Å². The molecule has 0 aromatic rings. The Kier molecular flexibility index (Phi) is 39.8. The quantitative estimate of drug-likeness (QED) is 0.0209. The second kappa shape index (κ2) is 43.4. The van der Waals surface area contributed by atoms with Crippen molar-refractivity contribution in [3.8, 4) is 0 Å². The van der Waals surface area contributed by atoms with Crippen LogP contribution < -0.4 is 11.1 Å². The number of ether oxygens (including phenoxy) is 3. The van der Waals surface area contributed by atoms with Gasteiger partial charge in [0.15, 0.2) is 12.6 Å². The van der Waals surface area contributed by atoms with Crippen LogP contribution in [-0.4, -0.2) is 111 Å². The number of aliphatic hydroxyl groups is 4. The molecule has 2 unspecified atom stereocenters. The number of phosphoric acid groups is 2. The van der Waals surface area contributed by atoms with Crippen LogP contribution in [0.1, 0.15) is 225 Å². The third kappa shape index (κ3) is 35.4. The van der Waals surface area contributed by atoms with Crippen LogP contribution in [0.5, 0.6) is 0 Å². The minimum Gasteiger partial charge on any atom is -0.394 e. The molecule has 0 aromatic heterocycles. The van der Waals surface area contributed by atoms with Crippen molar-refractivity contribution in [1.29, 1.82) is 0 Å². The molecule has 2 heterocycles. The first-order valence-electron chi connectivity index (χ1n) is 32.0. The number of carbonyl (C=O) groups is 1. The second-order valence-electron chi connectivity index (χ2n) is 24.9. The zero-order valence-corrected chi connectivity index (χ0v) is 57.8. The fraction of sp³-hybridized carbons (Fsp3) is 0.667. The Morgan fingerprint density at radius 2 is 0.807 bits per heavy atom. The van der Waals surface area contributed by atoms with Crippen molar-refractivity contribution in [2.75, 3.05) is 13.2 Å². The Morgan fingerprint density at radius 3 is 1.12 bits per heavy atom. The number of aliphatic hydroxyl groups excluding tert-OH is 4. The van der Waals surface area contributed by atoms with E-state index in [4.69, 9.17) is 29.0 Å². The molecule has 0 spiro atoms. The van der Waals surface area contributed by atoms with Gasteiger partial charge in [0.2, 0.25) is 5.91 Å². The highest BCUT2D eigenvalue weighted by Gasteiger charge is 2.52. The van der Waals surface area contributed by atoms with Gasteiger partial charge >= 0.3 is 15.6 Å². The summed E-state index contributed by atoms with van der Waals surface area (Å²) in [5, 5.41) is 43.1. The predicted octanol–water partition coefficient (Wildman–Crippen LogP) is 15.2. The number of nitrogens with two attached hydrogens (primary N) is 1. The van der Waals surface area contributed by atoms with E-state index in [-0.39, 0.29) is 0 Å². The predicted molar refractivity (Wildman–Crippen MR) is 356 cm³/mol. The SMILES string of the molecule is CC(=O)N[C@H]1[C@H](OP(=O)(O)OP(=O)(O)OC/C=C(/C)CC/C=C(/C)CC/C=C(/C)CC/C=C(/C)CC/C=C(/C)CC/C=C(/C)CC/C=C(/C)CC/C=C(/C)CC/C=C(\C)CC/C=C(\C)CCC=C(C)C)O[C@H](C)[C@H](N)[C@@H]1O[C@@H]1O[C@H](CO)[C@@H](O)[C@H](O)[C@H]1O. The standard InChI is InChI=1S/C69H116N2O15P2/c1-48(2)25-15-26-49(3)27-16-28-50(4)29-17-30-51(5)31-18-32-52(6)33-19-34-53(7)35-20-36-54(8)37-21-38-55(9)39-22-40-56(10)41-23-42-57(11)43-24-44-58(12)45-46-81-87(77,78)86-88(79,80)85-68-63(71-60(14)73)67(62(70)59(13)82-68)84-69-66(76)65(75)64(74)61(47-72)83-69/h25,27,29,31,33,35,37,39,41,43,45,59,61-69,72,74-76H,15-24,26,28,30,32,34,36,38,40,42,44,46-47,70H2,1-14H3,(H,71,73)(H,77,78)(H,79,80)/b49-27+,50-29+,51-31-,52-33-,53-35-,54-37-,55-39-,56-41-,57-43-,58-45-/t59-,61-,62+,63-,64-,65+,66-,67+,68+,69+/m1/s1. The lowest BCUT2D eigenvalue weighted by atomic mass is 9.94. The molecule has 0 bridgehead atoms. The van der Waals surface area contributed by atoms with Crippen LogP contribution in [0.2, 0.25) is 0 Å². The van der Waals surface area contributed by atoms with E-state index >= 15 is 0 Å². The number of amides is 1. The fourth-order valence-corrected chi connectivity index (χ4v) is 12.2. The topological polar surface area (TPSA) is 266 Å². The highest BCUT2D eigenvalue weighted by Crippen LogP contribution is 2.61. The Labute approximate surface area is 530 Å². The van der Waals surface area contributed by atoms with Crippen LogP contribution >= 0.6 is 15.6 Å². The average Bonchev–Trinajstić information content (AvgIpc) is 1.15. The molecule has 88 heavy (non-hydrogen) atoms. The Balaban J connectivity index is 1.68. The maximum Gasteiger partial charge on any atom is 0.483 e. The molecule has 1 amide bonds. The maximum atomic E-state index is 13.1. The molecule has 0 saturated carbocycles. The van der Waals surface area contributed by atoms with Crippen molar-refractivity contribution in [2.45, 2.75) is 287 Å². The Bertz CT molecular complexity index is 2570. The largest absolute Gasteiger partial charge is 0.483 e. The molecule has 19 heteroatoms. The number of allylic oxidation sites excluding steroid dienone is 21. The zero-order valence-electron chi connectivity index (χ0n) is 56.0. The van der Waals surface area contributed by atoms with Crippen molar-refractivity contribution in [3.63, 3.8) is 0 Å². The molecule has 2 aliphatic heterocycles. The first-order chi connectivity index (χ1) is 41.4. The lowest BCUT2D eigenvalue weighted by Crippen LogP contribution is -2.69. The minimum absolute atomic E-state index is 0.431. The van der Waals surface area contributed by atoms with Crippen molar-refractivity contribution in [3.05, 3.63) is 128 Å². The summed E-state index contributed by atoms with van der Waals surface area (Å²) in [4.78, 5) is 33.2. The normalized spacial score (nSPS) is 25.8. The van der Waals surface area contributed by atoms with E-state index in [0.29, 0.717) is 6.42 Å². The zero-order chi connectivity index (χ0) is 66.0. The summed E-state index contributed by atoms with van der Waals surface area (Å²) >= 11 is 0. The summed E-state index contributed by atoms with van der Waals surface area (Å²) in [6.45, 7) is 27.7. The molecular weight excluding hydrogens is 1160 g/mol. The van der Waals surface area contributed by atoms with Crippen molar-refractivity contribution < 1.29 is 71.7 Å². The number of carbonyl (C=O) groups excluding carboxylic acids is 1. The van der Waals surface area contributed by atoms with E-state index < -0.39 is 96.1 Å². The van der Waals surface area contributed by atoms with Crippen molar-refractivity contribution >= 4 is 21.6 Å². The molecule has 12 atom stereocenters. The highest BCUT2D eigenvalue weighted by molar-refractivity contribution is 7.61. The van der Waals surface area contributed by atoms with E-state index in [1.807, 2.05) is 6.92 Å². The third-order valence-electron chi connectivity index (χ3n) is 15.9. The molecule has 2 rings (SSSR count). The molecule has 0 radical (unpaired) electrons. The Morgan fingerprint density at radius 1 is 0.477 bits per heavy atom. The van der Waals surface area contributed by atoms with Crippen LogP contribution in [0.15, 0.2) is 128 Å². The van der Waals surface area contributed by atoms with Crippen LogP contribution in [0, 0.1) is 0 Å². The summed E-state index contributed by atoms with van der Waals surface area (Å²) in [5.74, 6) is -0.707. The molecule has 0 aliphatic carbocycles. The molecular formula is C69H116N2O15P2. The lowest BCUT2D eigenvalue weighted by molar-refractivity contribution is -0.327. The molecule has 2 saturated heterocycles. The molecule has 2 aliphatic rings. The van der Waals surface area contributed by atoms with Gasteiger partial charge in [0.1, 0.15) is 36.6 Å². The van der Waals surface area contributed by atoms with Crippen LogP contribution in [0.25, 0.3) is 0 Å². The fourth-order valence-electron chi connectivity index (χ4n) is 10.1. The lowest BCUT2D eigenvalue weighted by Gasteiger charge is -2.47. The van der Waals surface area contributed by atoms with Gasteiger partial charge in [-0.3, -0.25) is 13.8 Å². The van der Waals surface area contributed by atoms with Gasteiger partial charge in [0, 0.05) is 6.92 Å². The third-order valence-corrected chi connectivity index (χ3v) is 18.5. The number of rotatable bonds is 41. The molecule has 2 fully saturated rings. The van der Waals surface area contributed by atoms with Crippen LogP contribution in [-0.2, 0) is 41.5 Å². The van der Waals surface area contributed by atoms with Crippen molar-refractivity contribution in [1.82, 2.24) is 5.32 Å². The smallest absolute Gasteiger partial charge is 0.394 e. The summed E-state index contributed by atoms with van der Waals surface area (Å²) in [7, 11) is -10.7. The van der Waals surface area contributed by atoms with Gasteiger partial charge in [-0.05, 0) is 218 Å². The number of hydrogen-bond donors (Lipinski definition) is 8. The number of nitrogens with one attached hydrogen (secondary N) is 1. The van der Waals surface area contributed by atoms with Gasteiger partial charge in [-0.25, -0.2) is 9.13 Å². The van der Waals surface area contributed by atoms with E-state index in [1.54, 1.807) is 6.08 Å². The maximum absolute atomic E-state index is 13.1. The van der Waals surface area contributed by atoms with Gasteiger partial charge in [-0.1, -0.05) is 128 Å². The molecule has 502 valence electrons.